The number of nitrogens with one attached hydrogen (secondary N) is 3. The normalized spacial score (nSPS) is 21.7. The van der Waals surface area contributed by atoms with E-state index in [4.69, 9.17) is 0 Å². The van der Waals surface area contributed by atoms with Gasteiger partial charge in [-0.25, -0.2) is 4.98 Å². The summed E-state index contributed by atoms with van der Waals surface area (Å²) in [7, 11) is 0. The van der Waals surface area contributed by atoms with Crippen molar-refractivity contribution in [1.82, 2.24) is 20.5 Å². The monoisotopic (exact) mass is 325 g/mol. The predicted molar refractivity (Wildman–Crippen MR) is 92.6 cm³/mol. The Morgan fingerprint density at radius 1 is 1.29 bits per heavy atom. The molecule has 1 unspecified atom stereocenters. The highest BCUT2D eigenvalue weighted by Gasteiger charge is 2.57. The van der Waals surface area contributed by atoms with Gasteiger partial charge in [0.05, 0.1) is 0 Å². The Balaban J connectivity index is 1.51. The maximum atomic E-state index is 12.7. The fourth-order valence-corrected chi connectivity index (χ4v) is 3.78. The van der Waals surface area contributed by atoms with Gasteiger partial charge in [0.1, 0.15) is 5.82 Å². The number of carbonyl (C=O) groups is 1. The topological polar surface area (TPSA) is 82.7 Å². The largest absolute Gasteiger partial charge is 0.326 e. The van der Waals surface area contributed by atoms with Crippen molar-refractivity contribution in [1.29, 1.82) is 0 Å². The molecule has 6 nitrogen and oxygen atoms in total. The lowest BCUT2D eigenvalue weighted by molar-refractivity contribution is -0.118. The molecule has 4 rings (SSSR count). The Morgan fingerprint density at radius 3 is 2.79 bits per heavy atom. The number of nitrogens with zero attached hydrogens (tertiary/aromatic N) is 2. The number of aromatic nitrogens is 3. The molecule has 6 heteroatoms. The van der Waals surface area contributed by atoms with E-state index in [9.17, 15) is 4.79 Å². The number of anilines is 1. The van der Waals surface area contributed by atoms with Crippen molar-refractivity contribution >= 4 is 11.6 Å². The maximum Gasteiger partial charge on any atom is 0.228 e. The lowest BCUT2D eigenvalue weighted by atomic mass is 9.91. The highest BCUT2D eigenvalue weighted by Crippen LogP contribution is 2.58. The molecular formula is C18H23N5O. The van der Waals surface area contributed by atoms with Gasteiger partial charge in [-0.05, 0) is 63.2 Å². The van der Waals surface area contributed by atoms with Crippen LogP contribution in [0.1, 0.15) is 30.7 Å². The smallest absolute Gasteiger partial charge is 0.228 e. The Bertz CT molecular complexity index is 775. The molecule has 126 valence electrons. The first kappa shape index (κ1) is 15.3. The molecule has 24 heavy (non-hydrogen) atoms. The molecule has 0 radical (unpaired) electrons. The molecular weight excluding hydrogens is 302 g/mol. The van der Waals surface area contributed by atoms with Crippen molar-refractivity contribution in [3.8, 4) is 11.4 Å². The van der Waals surface area contributed by atoms with Gasteiger partial charge in [-0.2, -0.15) is 5.10 Å². The Kier molecular flexibility index (Phi) is 3.64. The summed E-state index contributed by atoms with van der Waals surface area (Å²) in [5.41, 5.74) is 3.07. The third-order valence-electron chi connectivity index (χ3n) is 5.46. The van der Waals surface area contributed by atoms with E-state index in [1.807, 2.05) is 32.0 Å². The van der Waals surface area contributed by atoms with Crippen molar-refractivity contribution in [2.75, 3.05) is 18.4 Å². The zero-order chi connectivity index (χ0) is 16.7. The number of benzene rings is 1. The molecule has 1 saturated carbocycles. The van der Waals surface area contributed by atoms with Crippen molar-refractivity contribution in [2.24, 2.45) is 11.3 Å². The molecule has 1 aliphatic heterocycles. The van der Waals surface area contributed by atoms with E-state index in [1.165, 1.54) is 0 Å². The SMILES string of the molecule is Cc1nc(-c2ccc(C)c(NC(=O)C3CC34CCNCC4)c2)n[nH]1. The summed E-state index contributed by atoms with van der Waals surface area (Å²) >= 11 is 0. The van der Waals surface area contributed by atoms with Crippen LogP contribution in [0.15, 0.2) is 18.2 Å². The lowest BCUT2D eigenvalue weighted by Crippen LogP contribution is -2.31. The number of hydrogen-bond donors (Lipinski definition) is 3. The highest BCUT2D eigenvalue weighted by molar-refractivity contribution is 5.96. The molecule has 1 aromatic heterocycles. The zero-order valence-electron chi connectivity index (χ0n) is 14.1. The second-order valence-corrected chi connectivity index (χ2v) is 7.13. The van der Waals surface area contributed by atoms with Gasteiger partial charge in [0.2, 0.25) is 5.91 Å². The molecule has 2 aliphatic rings. The van der Waals surface area contributed by atoms with Crippen molar-refractivity contribution in [3.63, 3.8) is 0 Å². The summed E-state index contributed by atoms with van der Waals surface area (Å²) in [6.07, 6.45) is 3.25. The van der Waals surface area contributed by atoms with Gasteiger partial charge >= 0.3 is 0 Å². The van der Waals surface area contributed by atoms with Gasteiger partial charge < -0.3 is 10.6 Å². The Labute approximate surface area is 141 Å². The number of piperidine rings is 1. The number of amides is 1. The minimum Gasteiger partial charge on any atom is -0.326 e. The highest BCUT2D eigenvalue weighted by atomic mass is 16.2. The number of aryl methyl sites for hydroxylation is 2. The van der Waals surface area contributed by atoms with Crippen LogP contribution in [0.4, 0.5) is 5.69 Å². The zero-order valence-corrected chi connectivity index (χ0v) is 14.1. The van der Waals surface area contributed by atoms with Gasteiger partial charge in [0.15, 0.2) is 5.82 Å². The van der Waals surface area contributed by atoms with Crippen LogP contribution in [0.25, 0.3) is 11.4 Å². The average molecular weight is 325 g/mol. The molecule has 1 spiro atoms. The Hall–Kier alpha value is -2.21. The average Bonchev–Trinajstić information content (AvgIpc) is 3.08. The van der Waals surface area contributed by atoms with Crippen LogP contribution >= 0.6 is 0 Å². The van der Waals surface area contributed by atoms with Gasteiger partial charge in [-0.3, -0.25) is 9.89 Å². The van der Waals surface area contributed by atoms with Crippen LogP contribution in [0, 0.1) is 25.2 Å². The summed E-state index contributed by atoms with van der Waals surface area (Å²) in [4.78, 5) is 17.0. The fraction of sp³-hybridized carbons (Fsp3) is 0.500. The van der Waals surface area contributed by atoms with Crippen molar-refractivity contribution < 1.29 is 4.79 Å². The summed E-state index contributed by atoms with van der Waals surface area (Å²) in [5.74, 6) is 1.75. The van der Waals surface area contributed by atoms with Crippen molar-refractivity contribution in [2.45, 2.75) is 33.1 Å². The van der Waals surface area contributed by atoms with Crippen LogP contribution in [0.2, 0.25) is 0 Å². The van der Waals surface area contributed by atoms with E-state index in [2.05, 4.69) is 25.8 Å². The van der Waals surface area contributed by atoms with E-state index < -0.39 is 0 Å². The van der Waals surface area contributed by atoms with Crippen LogP contribution < -0.4 is 10.6 Å². The third kappa shape index (κ3) is 2.71. The molecule has 1 atom stereocenters. The number of H-pyrrole nitrogens is 1. The first-order valence-electron chi connectivity index (χ1n) is 8.59. The van der Waals surface area contributed by atoms with Gasteiger partial charge in [-0.1, -0.05) is 12.1 Å². The van der Waals surface area contributed by atoms with Gasteiger partial charge in [0, 0.05) is 17.2 Å². The van der Waals surface area contributed by atoms with Gasteiger partial charge in [0.25, 0.3) is 0 Å². The summed E-state index contributed by atoms with van der Waals surface area (Å²) < 4.78 is 0. The minimum absolute atomic E-state index is 0.156. The van der Waals surface area contributed by atoms with E-state index in [0.29, 0.717) is 5.82 Å². The Morgan fingerprint density at radius 2 is 2.08 bits per heavy atom. The fourth-order valence-electron chi connectivity index (χ4n) is 3.78. The molecule has 2 aromatic rings. The molecule has 2 heterocycles. The summed E-state index contributed by atoms with van der Waals surface area (Å²) in [6, 6.07) is 5.95. The van der Waals surface area contributed by atoms with Crippen LogP contribution in [0.3, 0.4) is 0 Å². The molecule has 2 fully saturated rings. The molecule has 0 bridgehead atoms. The molecule has 1 aromatic carbocycles. The quantitative estimate of drug-likeness (QED) is 0.809. The van der Waals surface area contributed by atoms with Crippen LogP contribution in [0.5, 0.6) is 0 Å². The van der Waals surface area contributed by atoms with E-state index >= 15 is 0 Å². The first-order chi connectivity index (χ1) is 11.6. The number of hydrogen-bond acceptors (Lipinski definition) is 4. The van der Waals surface area contributed by atoms with Gasteiger partial charge in [-0.15, -0.1) is 0 Å². The third-order valence-corrected chi connectivity index (χ3v) is 5.46. The standard InChI is InChI=1S/C18H23N5O/c1-11-3-4-13(16-20-12(2)22-23-16)9-15(11)21-17(24)14-10-18(14)5-7-19-8-6-18/h3-4,9,14,19H,5-8,10H2,1-2H3,(H,21,24)(H,20,22,23). The minimum atomic E-state index is 0.156. The van der Waals surface area contributed by atoms with E-state index in [0.717, 1.165) is 55.0 Å². The van der Waals surface area contributed by atoms with Crippen LogP contribution in [-0.4, -0.2) is 34.2 Å². The maximum absolute atomic E-state index is 12.7. The lowest BCUT2D eigenvalue weighted by Gasteiger charge is -2.23. The second kappa shape index (κ2) is 5.70. The van der Waals surface area contributed by atoms with Crippen molar-refractivity contribution in [3.05, 3.63) is 29.6 Å². The number of aromatic amines is 1. The first-order valence-corrected chi connectivity index (χ1v) is 8.59. The number of carbonyl (C=O) groups excluding carboxylic acids is 1. The molecule has 1 saturated heterocycles. The summed E-state index contributed by atoms with van der Waals surface area (Å²) in [6.45, 7) is 5.94. The molecule has 1 amide bonds. The summed E-state index contributed by atoms with van der Waals surface area (Å²) in [5, 5.41) is 13.6. The van der Waals surface area contributed by atoms with E-state index in [-0.39, 0.29) is 17.2 Å². The predicted octanol–water partition coefficient (Wildman–Crippen LogP) is 2.42. The number of rotatable bonds is 3. The second-order valence-electron chi connectivity index (χ2n) is 7.13. The van der Waals surface area contributed by atoms with Crippen LogP contribution in [-0.2, 0) is 4.79 Å². The molecule has 3 N–H and O–H groups in total. The molecule has 1 aliphatic carbocycles. The van der Waals surface area contributed by atoms with E-state index in [1.54, 1.807) is 0 Å².